The Morgan fingerprint density at radius 1 is 0.415 bits per heavy atom. The van der Waals surface area contributed by atoms with Crippen LogP contribution < -0.4 is 4.74 Å². The molecule has 1 spiro atoms. The number of benzene rings is 7. The average molecular weight is 695 g/mol. The molecule has 1 aliphatic heterocycles. The molecule has 0 radical (unpaired) electrons. The Kier molecular flexibility index (Phi) is 6.64. The van der Waals surface area contributed by atoms with Gasteiger partial charge in [0.2, 0.25) is 0 Å². The summed E-state index contributed by atoms with van der Waals surface area (Å²) >= 11 is 1.79. The fraction of sp³-hybridized carbons (Fsp3) is 0.0204. The zero-order valence-electron chi connectivity index (χ0n) is 28.5. The van der Waals surface area contributed by atoms with Crippen LogP contribution in [-0.4, -0.2) is 9.97 Å². The highest BCUT2D eigenvalue weighted by molar-refractivity contribution is 7.17. The van der Waals surface area contributed by atoms with Gasteiger partial charge in [0.1, 0.15) is 11.5 Å². The third-order valence-corrected chi connectivity index (χ3v) is 11.7. The Hall–Kier alpha value is -6.62. The van der Waals surface area contributed by atoms with E-state index in [4.69, 9.17) is 14.7 Å². The molecule has 7 aromatic carbocycles. The molecule has 4 heteroatoms. The van der Waals surface area contributed by atoms with Crippen molar-refractivity contribution >= 4 is 21.4 Å². The van der Waals surface area contributed by atoms with Gasteiger partial charge < -0.3 is 4.74 Å². The van der Waals surface area contributed by atoms with Crippen LogP contribution in [0.3, 0.4) is 0 Å². The molecule has 0 saturated carbocycles. The monoisotopic (exact) mass is 694 g/mol. The van der Waals surface area contributed by atoms with Gasteiger partial charge in [0.25, 0.3) is 0 Å². The summed E-state index contributed by atoms with van der Waals surface area (Å²) in [6.07, 6.45) is 0. The van der Waals surface area contributed by atoms with Gasteiger partial charge in [-0.05, 0) is 80.5 Å². The van der Waals surface area contributed by atoms with Crippen molar-refractivity contribution in [2.45, 2.75) is 5.41 Å². The Bertz CT molecular complexity index is 2880. The quantitative estimate of drug-likeness (QED) is 0.184. The van der Waals surface area contributed by atoms with Gasteiger partial charge in [0.15, 0.2) is 5.82 Å². The molecule has 11 rings (SSSR count). The first-order chi connectivity index (χ1) is 26.3. The maximum absolute atomic E-state index is 6.89. The molecular formula is C49H30N2OS. The van der Waals surface area contributed by atoms with Gasteiger partial charge in [-0.15, -0.1) is 11.3 Å². The van der Waals surface area contributed by atoms with Crippen molar-refractivity contribution in [2.24, 2.45) is 0 Å². The van der Waals surface area contributed by atoms with Gasteiger partial charge in [0, 0.05) is 32.5 Å². The van der Waals surface area contributed by atoms with E-state index < -0.39 is 5.41 Å². The summed E-state index contributed by atoms with van der Waals surface area (Å²) in [6, 6.07) is 62.5. The summed E-state index contributed by atoms with van der Waals surface area (Å²) in [5, 5.41) is 3.47. The summed E-state index contributed by atoms with van der Waals surface area (Å²) in [5.74, 6) is 2.39. The highest BCUT2D eigenvalue weighted by atomic mass is 32.1. The van der Waals surface area contributed by atoms with Crippen molar-refractivity contribution in [1.29, 1.82) is 0 Å². The van der Waals surface area contributed by atoms with E-state index in [-0.39, 0.29) is 0 Å². The van der Waals surface area contributed by atoms with E-state index in [1.807, 2.05) is 18.2 Å². The molecule has 248 valence electrons. The zero-order valence-corrected chi connectivity index (χ0v) is 29.3. The van der Waals surface area contributed by atoms with Gasteiger partial charge in [-0.25, -0.2) is 9.97 Å². The number of hydrogen-bond donors (Lipinski definition) is 0. The molecule has 9 aromatic rings. The molecule has 1 unspecified atom stereocenters. The lowest BCUT2D eigenvalue weighted by molar-refractivity contribution is 0.436. The average Bonchev–Trinajstić information content (AvgIpc) is 3.81. The summed E-state index contributed by atoms with van der Waals surface area (Å²) in [6.45, 7) is 0. The van der Waals surface area contributed by atoms with E-state index in [0.717, 1.165) is 61.8 Å². The van der Waals surface area contributed by atoms with Crippen LogP contribution in [0.5, 0.6) is 11.5 Å². The van der Waals surface area contributed by atoms with E-state index >= 15 is 0 Å². The number of hydrogen-bond acceptors (Lipinski definition) is 4. The lowest BCUT2D eigenvalue weighted by Crippen LogP contribution is -2.32. The lowest BCUT2D eigenvalue weighted by atomic mass is 9.66. The first kappa shape index (κ1) is 30.0. The molecule has 1 aliphatic carbocycles. The molecule has 0 fully saturated rings. The maximum Gasteiger partial charge on any atom is 0.160 e. The Balaban J connectivity index is 1.14. The second-order valence-electron chi connectivity index (χ2n) is 13.7. The molecule has 0 saturated heterocycles. The van der Waals surface area contributed by atoms with Crippen LogP contribution in [0, 0.1) is 0 Å². The first-order valence-corrected chi connectivity index (χ1v) is 18.8. The van der Waals surface area contributed by atoms with E-state index in [0.29, 0.717) is 5.82 Å². The number of fused-ring (bicyclic) bond motifs is 10. The van der Waals surface area contributed by atoms with Crippen molar-refractivity contribution in [1.82, 2.24) is 9.97 Å². The van der Waals surface area contributed by atoms with E-state index in [1.54, 1.807) is 11.3 Å². The number of para-hydroxylation sites is 1. The van der Waals surface area contributed by atoms with Crippen molar-refractivity contribution in [3.63, 3.8) is 0 Å². The smallest absolute Gasteiger partial charge is 0.160 e. The fourth-order valence-electron chi connectivity index (χ4n) is 8.54. The normalized spacial score (nSPS) is 15.0. The summed E-state index contributed by atoms with van der Waals surface area (Å²) in [4.78, 5) is 10.4. The second kappa shape index (κ2) is 11.7. The molecule has 3 nitrogen and oxygen atoms in total. The topological polar surface area (TPSA) is 35.0 Å². The Labute approximate surface area is 311 Å². The number of aromatic nitrogens is 2. The molecule has 0 amide bonds. The van der Waals surface area contributed by atoms with Crippen LogP contribution in [0.2, 0.25) is 0 Å². The predicted octanol–water partition coefficient (Wildman–Crippen LogP) is 12.8. The molecule has 3 heterocycles. The number of thiophene rings is 1. The molecule has 0 bridgehead atoms. The van der Waals surface area contributed by atoms with Crippen LogP contribution in [0.1, 0.15) is 22.3 Å². The summed E-state index contributed by atoms with van der Waals surface area (Å²) in [7, 11) is 0. The van der Waals surface area contributed by atoms with Gasteiger partial charge in [-0.2, -0.15) is 0 Å². The molecule has 0 N–H and O–H groups in total. The second-order valence-corrected chi connectivity index (χ2v) is 14.6. The van der Waals surface area contributed by atoms with E-state index in [2.05, 4.69) is 163 Å². The first-order valence-electron chi connectivity index (χ1n) is 17.9. The lowest BCUT2D eigenvalue weighted by Gasteiger charge is -2.39. The van der Waals surface area contributed by atoms with Crippen molar-refractivity contribution < 1.29 is 4.74 Å². The standard InChI is InChI=1S/C49H30N2OS/c1-3-13-31(14-4-1)35-17-7-8-19-37(35)44-30-43(50-48(51-44)32-15-5-2-6-16-32)33-23-24-41-46(28-33)52-45-22-12-11-21-40(45)49(41)39-20-10-9-18-36(39)38-27-34-25-26-53-47(34)29-42(38)49/h1-30H. The summed E-state index contributed by atoms with van der Waals surface area (Å²) < 4.78 is 8.18. The number of ether oxygens (including phenoxy) is 1. The zero-order chi connectivity index (χ0) is 34.9. The van der Waals surface area contributed by atoms with Crippen LogP contribution in [0.25, 0.3) is 66.2 Å². The van der Waals surface area contributed by atoms with Gasteiger partial charge in [-0.3, -0.25) is 0 Å². The number of rotatable bonds is 4. The highest BCUT2D eigenvalue weighted by Gasteiger charge is 2.51. The van der Waals surface area contributed by atoms with E-state index in [9.17, 15) is 0 Å². The minimum Gasteiger partial charge on any atom is -0.457 e. The highest BCUT2D eigenvalue weighted by Crippen LogP contribution is 2.63. The van der Waals surface area contributed by atoms with Crippen LogP contribution >= 0.6 is 11.3 Å². The van der Waals surface area contributed by atoms with Gasteiger partial charge in [-0.1, -0.05) is 140 Å². The maximum atomic E-state index is 6.89. The largest absolute Gasteiger partial charge is 0.457 e. The predicted molar refractivity (Wildman–Crippen MR) is 217 cm³/mol. The van der Waals surface area contributed by atoms with Crippen LogP contribution in [0.4, 0.5) is 0 Å². The van der Waals surface area contributed by atoms with Crippen LogP contribution in [0.15, 0.2) is 181 Å². The van der Waals surface area contributed by atoms with Crippen LogP contribution in [-0.2, 0) is 5.41 Å². The summed E-state index contributed by atoms with van der Waals surface area (Å²) in [5.41, 5.74) is 13.9. The third-order valence-electron chi connectivity index (χ3n) is 10.9. The minimum atomic E-state index is -0.534. The van der Waals surface area contributed by atoms with Crippen molar-refractivity contribution in [3.05, 3.63) is 204 Å². The fourth-order valence-corrected chi connectivity index (χ4v) is 9.35. The molecule has 2 aromatic heterocycles. The van der Waals surface area contributed by atoms with Crippen molar-refractivity contribution in [2.75, 3.05) is 0 Å². The third kappa shape index (κ3) is 4.52. The molecule has 53 heavy (non-hydrogen) atoms. The number of nitrogens with zero attached hydrogens (tertiary/aromatic N) is 2. The van der Waals surface area contributed by atoms with E-state index in [1.165, 1.54) is 32.3 Å². The van der Waals surface area contributed by atoms with Gasteiger partial charge >= 0.3 is 0 Å². The Morgan fingerprint density at radius 2 is 1.08 bits per heavy atom. The SMILES string of the molecule is c1ccc(-c2nc(-c3ccc4c(c3)Oc3ccccc3C43c4ccccc4-c4cc5ccsc5cc43)cc(-c3ccccc3-c3ccccc3)n2)cc1. The molecule has 2 aliphatic rings. The van der Waals surface area contributed by atoms with Gasteiger partial charge in [0.05, 0.1) is 16.8 Å². The Morgan fingerprint density at radius 3 is 1.91 bits per heavy atom. The molecular weight excluding hydrogens is 665 g/mol. The minimum absolute atomic E-state index is 0.534. The molecule has 1 atom stereocenters. The van der Waals surface area contributed by atoms with Crippen molar-refractivity contribution in [3.8, 4) is 67.7 Å².